The van der Waals surface area contributed by atoms with Gasteiger partial charge in [-0.3, -0.25) is 15.5 Å². The van der Waals surface area contributed by atoms with Crippen molar-refractivity contribution in [1.82, 2.24) is 0 Å². The Morgan fingerprint density at radius 3 is 2.55 bits per heavy atom. The van der Waals surface area contributed by atoms with Gasteiger partial charge in [-0.15, -0.1) is 0 Å². The number of nitro benzene ring substituents is 1. The molecule has 0 fully saturated rings. The fourth-order valence-corrected chi connectivity index (χ4v) is 1.38. The van der Waals surface area contributed by atoms with E-state index in [2.05, 4.69) is 10.5 Å². The van der Waals surface area contributed by atoms with Gasteiger partial charge in [0.1, 0.15) is 17.9 Å². The lowest BCUT2D eigenvalue weighted by Crippen LogP contribution is -2.38. The van der Waals surface area contributed by atoms with Crippen LogP contribution in [0.15, 0.2) is 29.4 Å². The lowest BCUT2D eigenvalue weighted by Gasteiger charge is -2.16. The molecule has 0 saturated carbocycles. The molecule has 1 rings (SSSR count). The van der Waals surface area contributed by atoms with Crippen LogP contribution in [-0.2, 0) is 0 Å². The number of hydrazone groups is 1. The van der Waals surface area contributed by atoms with Crippen molar-refractivity contribution in [3.05, 3.63) is 34.4 Å². The van der Waals surface area contributed by atoms with Crippen molar-refractivity contribution < 1.29 is 25.3 Å². The molecule has 0 amide bonds. The number of nitrogens with one attached hydrogen (secondary N) is 1. The molecular formula is C11H15N3O6. The molecule has 0 unspecified atom stereocenters. The van der Waals surface area contributed by atoms with Gasteiger partial charge in [0.25, 0.3) is 5.69 Å². The second kappa shape index (κ2) is 7.50. The Balaban J connectivity index is 2.92. The van der Waals surface area contributed by atoms with Crippen LogP contribution in [-0.4, -0.2) is 56.5 Å². The maximum atomic E-state index is 10.8. The van der Waals surface area contributed by atoms with Gasteiger partial charge < -0.3 is 20.4 Å². The van der Waals surface area contributed by atoms with E-state index in [-0.39, 0.29) is 17.1 Å². The van der Waals surface area contributed by atoms with E-state index in [1.165, 1.54) is 18.2 Å². The van der Waals surface area contributed by atoms with Gasteiger partial charge in [0, 0.05) is 6.07 Å². The van der Waals surface area contributed by atoms with E-state index in [0.29, 0.717) is 0 Å². The average molecular weight is 285 g/mol. The van der Waals surface area contributed by atoms with Gasteiger partial charge >= 0.3 is 0 Å². The molecule has 0 aliphatic carbocycles. The molecule has 0 aliphatic rings. The summed E-state index contributed by atoms with van der Waals surface area (Å²) < 4.78 is 0. The van der Waals surface area contributed by atoms with Crippen molar-refractivity contribution in [2.75, 3.05) is 18.6 Å². The maximum absolute atomic E-state index is 10.8. The van der Waals surface area contributed by atoms with Crippen LogP contribution in [0, 0.1) is 10.1 Å². The normalized spacial score (nSPS) is 14.7. The molecule has 9 heteroatoms. The Morgan fingerprint density at radius 1 is 1.35 bits per heavy atom. The zero-order valence-corrected chi connectivity index (χ0v) is 10.4. The highest BCUT2D eigenvalue weighted by atomic mass is 16.6. The number of benzene rings is 1. The third kappa shape index (κ3) is 3.96. The van der Waals surface area contributed by atoms with Gasteiger partial charge in [-0.25, -0.2) is 0 Å². The number of aliphatic hydroxyl groups excluding tert-OH is 4. The van der Waals surface area contributed by atoms with Gasteiger partial charge in [-0.05, 0) is 6.07 Å². The third-order valence-corrected chi connectivity index (χ3v) is 2.48. The molecule has 0 heterocycles. The molecule has 0 spiro atoms. The fraction of sp³-hybridized carbons (Fsp3) is 0.364. The SMILES string of the molecule is O=[N+]([O-])c1ccccc1N/N=C(/CO)[C@@H](O)[C@@H](O)CO. The van der Waals surface area contributed by atoms with Gasteiger partial charge in [0.05, 0.1) is 23.8 Å². The van der Waals surface area contributed by atoms with Gasteiger partial charge in [-0.2, -0.15) is 5.10 Å². The first-order valence-corrected chi connectivity index (χ1v) is 5.65. The zero-order valence-electron chi connectivity index (χ0n) is 10.4. The molecule has 1 aromatic rings. The van der Waals surface area contributed by atoms with Crippen LogP contribution in [0.25, 0.3) is 0 Å². The number of anilines is 1. The molecule has 5 N–H and O–H groups in total. The minimum absolute atomic E-state index is 0.0640. The van der Waals surface area contributed by atoms with E-state index in [1.54, 1.807) is 6.07 Å². The molecule has 0 aliphatic heterocycles. The molecule has 2 atom stereocenters. The van der Waals surface area contributed by atoms with E-state index >= 15 is 0 Å². The van der Waals surface area contributed by atoms with E-state index in [1.807, 2.05) is 0 Å². The molecule has 0 bridgehead atoms. The topological polar surface area (TPSA) is 148 Å². The van der Waals surface area contributed by atoms with Crippen molar-refractivity contribution in [2.45, 2.75) is 12.2 Å². The highest BCUT2D eigenvalue weighted by Gasteiger charge is 2.21. The molecule has 9 nitrogen and oxygen atoms in total. The van der Waals surface area contributed by atoms with Crippen molar-refractivity contribution in [3.8, 4) is 0 Å². The Labute approximate surface area is 114 Å². The summed E-state index contributed by atoms with van der Waals surface area (Å²) in [6.45, 7) is -1.41. The zero-order chi connectivity index (χ0) is 15.1. The van der Waals surface area contributed by atoms with E-state index in [9.17, 15) is 20.3 Å². The number of nitro groups is 1. The first-order chi connectivity index (χ1) is 9.51. The first kappa shape index (κ1) is 16.0. The van der Waals surface area contributed by atoms with Crippen LogP contribution in [0.3, 0.4) is 0 Å². The van der Waals surface area contributed by atoms with Crippen LogP contribution < -0.4 is 5.43 Å². The second-order valence-electron chi connectivity index (χ2n) is 3.84. The van der Waals surface area contributed by atoms with Crippen LogP contribution in [0.5, 0.6) is 0 Å². The number of hydrogen-bond acceptors (Lipinski definition) is 8. The maximum Gasteiger partial charge on any atom is 0.294 e. The molecule has 1 aromatic carbocycles. The highest BCUT2D eigenvalue weighted by molar-refractivity contribution is 5.90. The second-order valence-corrected chi connectivity index (χ2v) is 3.84. The first-order valence-electron chi connectivity index (χ1n) is 5.65. The minimum Gasteiger partial charge on any atom is -0.394 e. The summed E-state index contributed by atoms with van der Waals surface area (Å²) in [7, 11) is 0. The Kier molecular flexibility index (Phi) is 6.00. The summed E-state index contributed by atoms with van der Waals surface area (Å²) in [6, 6.07) is 5.67. The van der Waals surface area contributed by atoms with E-state index < -0.39 is 30.3 Å². The van der Waals surface area contributed by atoms with Crippen molar-refractivity contribution >= 4 is 17.1 Å². The van der Waals surface area contributed by atoms with Crippen molar-refractivity contribution in [3.63, 3.8) is 0 Å². The van der Waals surface area contributed by atoms with E-state index in [0.717, 1.165) is 0 Å². The largest absolute Gasteiger partial charge is 0.394 e. The van der Waals surface area contributed by atoms with Gasteiger partial charge in [-0.1, -0.05) is 12.1 Å². The number of rotatable bonds is 7. The van der Waals surface area contributed by atoms with Crippen LogP contribution >= 0.6 is 0 Å². The number of nitrogens with zero attached hydrogens (tertiary/aromatic N) is 2. The third-order valence-electron chi connectivity index (χ3n) is 2.48. The molecule has 110 valence electrons. The van der Waals surface area contributed by atoms with E-state index in [4.69, 9.17) is 10.2 Å². The average Bonchev–Trinajstić information content (AvgIpc) is 2.46. The van der Waals surface area contributed by atoms with Crippen LogP contribution in [0.1, 0.15) is 0 Å². The molecule has 0 aromatic heterocycles. The highest BCUT2D eigenvalue weighted by Crippen LogP contribution is 2.23. The summed E-state index contributed by atoms with van der Waals surface area (Å²) in [5.41, 5.74) is 1.91. The minimum atomic E-state index is -1.58. The lowest BCUT2D eigenvalue weighted by atomic mass is 10.1. The smallest absolute Gasteiger partial charge is 0.294 e. The molecular weight excluding hydrogens is 270 g/mol. The lowest BCUT2D eigenvalue weighted by molar-refractivity contribution is -0.384. The van der Waals surface area contributed by atoms with Crippen molar-refractivity contribution in [1.29, 1.82) is 0 Å². The standard InChI is InChI=1S/C11H15N3O6/c15-5-8(11(18)10(17)6-16)13-12-7-3-1-2-4-9(7)14(19)20/h1-4,10-12,15-18H,5-6H2/b13-8-/t10-,11+/m0/s1. The number of hydrogen-bond donors (Lipinski definition) is 5. The molecule has 20 heavy (non-hydrogen) atoms. The van der Waals surface area contributed by atoms with Gasteiger partial charge in [0.2, 0.25) is 0 Å². The van der Waals surface area contributed by atoms with Crippen molar-refractivity contribution in [2.24, 2.45) is 5.10 Å². The Morgan fingerprint density at radius 2 is 2.00 bits per heavy atom. The van der Waals surface area contributed by atoms with Crippen LogP contribution in [0.4, 0.5) is 11.4 Å². The summed E-state index contributed by atoms with van der Waals surface area (Å²) in [5.74, 6) is 0. The fourth-order valence-electron chi connectivity index (χ4n) is 1.38. The summed E-state index contributed by atoms with van der Waals surface area (Å²) >= 11 is 0. The predicted molar refractivity (Wildman–Crippen MR) is 70.3 cm³/mol. The Bertz CT molecular complexity index is 493. The monoisotopic (exact) mass is 285 g/mol. The quantitative estimate of drug-likeness (QED) is 0.247. The number of aliphatic hydroxyl groups is 4. The summed E-state index contributed by atoms with van der Waals surface area (Å²) in [4.78, 5) is 10.2. The molecule has 0 saturated heterocycles. The molecule has 0 radical (unpaired) electrons. The van der Waals surface area contributed by atoms with Crippen LogP contribution in [0.2, 0.25) is 0 Å². The summed E-state index contributed by atoms with van der Waals surface area (Å²) in [5, 5.41) is 50.9. The number of para-hydroxylation sites is 2. The predicted octanol–water partition coefficient (Wildman–Crippen LogP) is -0.931. The Hall–Kier alpha value is -2.07. The summed E-state index contributed by atoms with van der Waals surface area (Å²) in [6.07, 6.45) is -3.09. The van der Waals surface area contributed by atoms with Gasteiger partial charge in [0.15, 0.2) is 0 Å².